The molecular weight excluding hydrogens is 510 g/mol. The minimum Gasteiger partial charge on any atom is -0.207 e. The topological polar surface area (TPSA) is 0 Å². The molecule has 4 aromatic rings. The van der Waals surface area contributed by atoms with Gasteiger partial charge in [0.15, 0.2) is 0 Å². The van der Waals surface area contributed by atoms with Crippen molar-refractivity contribution in [3.63, 3.8) is 0 Å². The van der Waals surface area contributed by atoms with E-state index in [0.29, 0.717) is 24.0 Å². The van der Waals surface area contributed by atoms with Crippen molar-refractivity contribution in [3.05, 3.63) is 119 Å². The summed E-state index contributed by atoms with van der Waals surface area (Å²) < 4.78 is 82.6. The Labute approximate surface area is 223 Å². The molecule has 0 fully saturated rings. The number of hydrogen-bond acceptors (Lipinski definition) is 0. The lowest BCUT2D eigenvalue weighted by Gasteiger charge is -2.05. The first-order valence-electron chi connectivity index (χ1n) is 12.3. The van der Waals surface area contributed by atoms with E-state index in [9.17, 15) is 26.3 Å². The van der Waals surface area contributed by atoms with Gasteiger partial charge in [-0.3, -0.25) is 0 Å². The molecule has 196 valence electrons. The van der Waals surface area contributed by atoms with Crippen molar-refractivity contribution >= 4 is 0 Å². The van der Waals surface area contributed by atoms with Gasteiger partial charge in [-0.05, 0) is 72.5 Å². The molecule has 4 aromatic carbocycles. The highest BCUT2D eigenvalue weighted by atomic mass is 19.2. The van der Waals surface area contributed by atoms with E-state index in [0.717, 1.165) is 55.7 Å². The van der Waals surface area contributed by atoms with E-state index >= 15 is 0 Å². The van der Waals surface area contributed by atoms with Crippen LogP contribution in [0.3, 0.4) is 0 Å². The lowest BCUT2D eigenvalue weighted by atomic mass is 10.0. The van der Waals surface area contributed by atoms with Crippen LogP contribution in [0.2, 0.25) is 0 Å². The average molecular weight is 533 g/mol. The predicted octanol–water partition coefficient (Wildman–Crippen LogP) is 9.21. The van der Waals surface area contributed by atoms with Crippen LogP contribution >= 0.6 is 0 Å². The molecule has 0 heterocycles. The second-order valence-electron chi connectivity index (χ2n) is 8.87. The fourth-order valence-electron chi connectivity index (χ4n) is 4.01. The normalized spacial score (nSPS) is 10.4. The molecule has 4 rings (SSSR count). The lowest BCUT2D eigenvalue weighted by molar-refractivity contribution is 0.582. The molecule has 0 aliphatic rings. The van der Waals surface area contributed by atoms with Gasteiger partial charge in [0.2, 0.25) is 0 Å². The molecule has 39 heavy (non-hydrogen) atoms. The summed E-state index contributed by atoms with van der Waals surface area (Å²) in [7, 11) is 0. The number of rotatable bonds is 6. The summed E-state index contributed by atoms with van der Waals surface area (Å²) in [6.07, 6.45) is 3.75. The van der Waals surface area contributed by atoms with Crippen LogP contribution in [-0.4, -0.2) is 0 Å². The quantitative estimate of drug-likeness (QED) is 0.132. The third-order valence-electron chi connectivity index (χ3n) is 5.85. The minimum absolute atomic E-state index is 0.0979. The fraction of sp³-hybridized carbons (Fsp3) is 0.152. The molecule has 0 spiro atoms. The van der Waals surface area contributed by atoms with Crippen molar-refractivity contribution in [2.24, 2.45) is 0 Å². The molecule has 0 unspecified atom stereocenters. The molecule has 0 N–H and O–H groups in total. The van der Waals surface area contributed by atoms with E-state index in [-0.39, 0.29) is 22.3 Å². The third kappa shape index (κ3) is 7.79. The van der Waals surface area contributed by atoms with Crippen molar-refractivity contribution in [3.8, 4) is 45.9 Å². The Bertz CT molecular complexity index is 1450. The zero-order valence-electron chi connectivity index (χ0n) is 20.7. The standard InChI is InChI=1S/C33H22F6/c34-26-16-24(17-27(35)20-26)30-12-10-22(14-32(30)38)8-6-4-2-1-3-5-7-9-23-11-13-31(33(39)15-23)25-18-28(36)21-29(37)19-25/h10-21H,1-5H2. The highest BCUT2D eigenvalue weighted by Gasteiger charge is 2.10. The minimum atomic E-state index is -0.775. The maximum Gasteiger partial charge on any atom is 0.132 e. The van der Waals surface area contributed by atoms with Crippen molar-refractivity contribution < 1.29 is 26.3 Å². The first kappa shape index (κ1) is 27.6. The maximum atomic E-state index is 14.4. The van der Waals surface area contributed by atoms with Crippen LogP contribution in [0.25, 0.3) is 22.3 Å². The summed E-state index contributed by atoms with van der Waals surface area (Å²) in [6, 6.07) is 14.4. The van der Waals surface area contributed by atoms with E-state index in [1.165, 1.54) is 24.3 Å². The van der Waals surface area contributed by atoms with Gasteiger partial charge < -0.3 is 0 Å². The third-order valence-corrected chi connectivity index (χ3v) is 5.85. The molecule has 0 amide bonds. The number of halogens is 6. The molecule has 0 aliphatic carbocycles. The summed E-state index contributed by atoms with van der Waals surface area (Å²) in [6.45, 7) is 0. The van der Waals surface area contributed by atoms with Crippen LogP contribution in [-0.2, 0) is 0 Å². The van der Waals surface area contributed by atoms with Crippen molar-refractivity contribution in [2.45, 2.75) is 32.1 Å². The van der Waals surface area contributed by atoms with Gasteiger partial charge >= 0.3 is 0 Å². The second-order valence-corrected chi connectivity index (χ2v) is 8.87. The predicted molar refractivity (Wildman–Crippen MR) is 140 cm³/mol. The Morgan fingerprint density at radius 2 is 0.821 bits per heavy atom. The monoisotopic (exact) mass is 532 g/mol. The summed E-state index contributed by atoms with van der Waals surface area (Å²) in [5.41, 5.74) is 1.38. The van der Waals surface area contributed by atoms with E-state index < -0.39 is 34.9 Å². The van der Waals surface area contributed by atoms with Crippen LogP contribution in [0.5, 0.6) is 0 Å². The Morgan fingerprint density at radius 3 is 1.18 bits per heavy atom. The Morgan fingerprint density at radius 1 is 0.436 bits per heavy atom. The number of unbranched alkanes of at least 4 members (excludes halogenated alkanes) is 4. The smallest absolute Gasteiger partial charge is 0.132 e. The molecule has 0 radical (unpaired) electrons. The van der Waals surface area contributed by atoms with Gasteiger partial charge in [0.25, 0.3) is 0 Å². The molecule has 0 bridgehead atoms. The first-order chi connectivity index (χ1) is 18.8. The Kier molecular flexibility index (Phi) is 9.13. The van der Waals surface area contributed by atoms with Gasteiger partial charge in [0.05, 0.1) is 0 Å². The molecular formula is C33H22F6. The van der Waals surface area contributed by atoms with Gasteiger partial charge in [-0.15, -0.1) is 0 Å². The average Bonchev–Trinajstić information content (AvgIpc) is 2.86. The van der Waals surface area contributed by atoms with Crippen LogP contribution in [0, 0.1) is 58.6 Å². The van der Waals surface area contributed by atoms with Crippen molar-refractivity contribution in [1.29, 1.82) is 0 Å². The highest BCUT2D eigenvalue weighted by Crippen LogP contribution is 2.26. The molecule has 0 atom stereocenters. The fourth-order valence-corrected chi connectivity index (χ4v) is 4.01. The van der Waals surface area contributed by atoms with Crippen LogP contribution < -0.4 is 0 Å². The Balaban J connectivity index is 1.22. The largest absolute Gasteiger partial charge is 0.207 e. The van der Waals surface area contributed by atoms with E-state index in [1.807, 2.05) is 0 Å². The molecule has 0 aromatic heterocycles. The van der Waals surface area contributed by atoms with Gasteiger partial charge in [0.1, 0.15) is 34.9 Å². The first-order valence-corrected chi connectivity index (χ1v) is 12.3. The molecule has 0 aliphatic heterocycles. The SMILES string of the molecule is Fc1cc(F)cc(-c2ccc(C#CCCCCCC#Cc3ccc(-c4cc(F)cc(F)c4)c(F)c3)cc2F)c1. The molecule has 0 nitrogen and oxygen atoms in total. The van der Waals surface area contributed by atoms with E-state index in [4.69, 9.17) is 0 Å². The number of hydrogen-bond donors (Lipinski definition) is 0. The zero-order valence-corrected chi connectivity index (χ0v) is 20.7. The van der Waals surface area contributed by atoms with Crippen LogP contribution in [0.15, 0.2) is 72.8 Å². The van der Waals surface area contributed by atoms with Crippen molar-refractivity contribution in [2.75, 3.05) is 0 Å². The summed E-state index contributed by atoms with van der Waals surface area (Å²) in [5, 5.41) is 0. The van der Waals surface area contributed by atoms with Crippen molar-refractivity contribution in [1.82, 2.24) is 0 Å². The molecule has 0 saturated carbocycles. The number of benzene rings is 4. The molecule has 0 saturated heterocycles. The van der Waals surface area contributed by atoms with Gasteiger partial charge in [0, 0.05) is 47.2 Å². The second kappa shape index (κ2) is 12.9. The van der Waals surface area contributed by atoms with Gasteiger partial charge in [-0.1, -0.05) is 42.2 Å². The Hall–Kier alpha value is -4.42. The van der Waals surface area contributed by atoms with Gasteiger partial charge in [-0.2, -0.15) is 0 Å². The van der Waals surface area contributed by atoms with Crippen LogP contribution in [0.1, 0.15) is 43.2 Å². The summed E-state index contributed by atoms with van der Waals surface area (Å²) in [4.78, 5) is 0. The summed E-state index contributed by atoms with van der Waals surface area (Å²) >= 11 is 0. The lowest BCUT2D eigenvalue weighted by Crippen LogP contribution is -1.89. The maximum absolute atomic E-state index is 14.4. The molecule has 6 heteroatoms. The van der Waals surface area contributed by atoms with E-state index in [1.54, 1.807) is 12.1 Å². The summed E-state index contributed by atoms with van der Waals surface area (Å²) in [5.74, 6) is 7.46. The zero-order chi connectivity index (χ0) is 27.8. The van der Waals surface area contributed by atoms with E-state index in [2.05, 4.69) is 23.7 Å². The van der Waals surface area contributed by atoms with Gasteiger partial charge in [-0.25, -0.2) is 26.3 Å². The highest BCUT2D eigenvalue weighted by molar-refractivity contribution is 5.66. The van der Waals surface area contributed by atoms with Crippen LogP contribution in [0.4, 0.5) is 26.3 Å².